The third kappa shape index (κ3) is 3.69. The van der Waals surface area contributed by atoms with Gasteiger partial charge in [-0.25, -0.2) is 4.98 Å². The lowest BCUT2D eigenvalue weighted by Gasteiger charge is -2.41. The summed E-state index contributed by atoms with van der Waals surface area (Å²) in [6, 6.07) is 1.13. The third-order valence-corrected chi connectivity index (χ3v) is 5.10. The van der Waals surface area contributed by atoms with Crippen LogP contribution in [0.4, 0.5) is 5.13 Å². The molecule has 1 aliphatic heterocycles. The highest BCUT2D eigenvalue weighted by molar-refractivity contribution is 7.15. The second-order valence-electron chi connectivity index (χ2n) is 6.36. The van der Waals surface area contributed by atoms with Gasteiger partial charge in [0.15, 0.2) is 5.13 Å². The normalized spacial score (nSPS) is 28.1. The average molecular weight is 281 g/mol. The number of aromatic nitrogens is 1. The molecule has 0 radical (unpaired) electrons. The molecule has 1 N–H and O–H groups in total. The summed E-state index contributed by atoms with van der Waals surface area (Å²) >= 11 is 1.84. The standard InChI is InChI=1S/C15H27N3S/c1-10(2)16-7-14-8-17-15(19-14)18-9-11(3)6-12(4)13(18)5/h8,10-13,16H,6-7,9H2,1-5H3. The molecule has 108 valence electrons. The highest BCUT2D eigenvalue weighted by Crippen LogP contribution is 2.33. The topological polar surface area (TPSA) is 28.2 Å². The van der Waals surface area contributed by atoms with Crippen molar-refractivity contribution in [3.63, 3.8) is 0 Å². The Bertz CT molecular complexity index is 402. The van der Waals surface area contributed by atoms with E-state index in [1.807, 2.05) is 17.5 Å². The maximum atomic E-state index is 4.64. The molecule has 3 atom stereocenters. The molecule has 1 aromatic heterocycles. The number of hydrogen-bond acceptors (Lipinski definition) is 4. The Hall–Kier alpha value is -0.610. The Morgan fingerprint density at radius 1 is 1.42 bits per heavy atom. The summed E-state index contributed by atoms with van der Waals surface area (Å²) in [5.74, 6) is 1.53. The van der Waals surface area contributed by atoms with Gasteiger partial charge in [-0.3, -0.25) is 0 Å². The van der Waals surface area contributed by atoms with Crippen LogP contribution in [-0.4, -0.2) is 23.6 Å². The van der Waals surface area contributed by atoms with Crippen molar-refractivity contribution in [3.8, 4) is 0 Å². The molecule has 1 aromatic rings. The van der Waals surface area contributed by atoms with Gasteiger partial charge in [-0.2, -0.15) is 0 Å². The van der Waals surface area contributed by atoms with E-state index >= 15 is 0 Å². The monoisotopic (exact) mass is 281 g/mol. The molecule has 2 rings (SSSR count). The molecule has 19 heavy (non-hydrogen) atoms. The quantitative estimate of drug-likeness (QED) is 0.915. The van der Waals surface area contributed by atoms with Crippen molar-refractivity contribution in [3.05, 3.63) is 11.1 Å². The van der Waals surface area contributed by atoms with Gasteiger partial charge >= 0.3 is 0 Å². The van der Waals surface area contributed by atoms with Gasteiger partial charge in [0.25, 0.3) is 0 Å². The zero-order chi connectivity index (χ0) is 14.0. The van der Waals surface area contributed by atoms with Gasteiger partial charge in [0.1, 0.15) is 0 Å². The molecule has 3 nitrogen and oxygen atoms in total. The molecule has 0 aromatic carbocycles. The smallest absolute Gasteiger partial charge is 0.185 e. The first kappa shape index (κ1) is 14.8. The molecule has 1 saturated heterocycles. The first-order valence-electron chi connectivity index (χ1n) is 7.42. The molecule has 1 fully saturated rings. The molecular formula is C15H27N3S. The van der Waals surface area contributed by atoms with Gasteiger partial charge in [-0.05, 0) is 25.2 Å². The molecule has 2 heterocycles. The van der Waals surface area contributed by atoms with Crippen LogP contribution in [0.1, 0.15) is 45.9 Å². The summed E-state index contributed by atoms with van der Waals surface area (Å²) in [6.45, 7) is 13.5. The highest BCUT2D eigenvalue weighted by atomic mass is 32.1. The van der Waals surface area contributed by atoms with Crippen molar-refractivity contribution in [1.82, 2.24) is 10.3 Å². The fourth-order valence-electron chi connectivity index (χ4n) is 2.78. The number of nitrogens with zero attached hydrogens (tertiary/aromatic N) is 2. The van der Waals surface area contributed by atoms with E-state index in [0.29, 0.717) is 12.1 Å². The Labute approximate surface area is 121 Å². The molecule has 4 heteroatoms. The summed E-state index contributed by atoms with van der Waals surface area (Å²) in [5, 5.41) is 4.66. The lowest BCUT2D eigenvalue weighted by atomic mass is 9.86. The van der Waals surface area contributed by atoms with E-state index in [1.165, 1.54) is 16.4 Å². The van der Waals surface area contributed by atoms with Gasteiger partial charge in [-0.1, -0.05) is 27.7 Å². The van der Waals surface area contributed by atoms with Crippen molar-refractivity contribution >= 4 is 16.5 Å². The van der Waals surface area contributed by atoms with E-state index in [4.69, 9.17) is 0 Å². The van der Waals surface area contributed by atoms with E-state index < -0.39 is 0 Å². The minimum absolute atomic E-state index is 0.527. The van der Waals surface area contributed by atoms with Crippen LogP contribution in [0, 0.1) is 11.8 Å². The Balaban J connectivity index is 2.04. The van der Waals surface area contributed by atoms with Gasteiger partial charge < -0.3 is 10.2 Å². The van der Waals surface area contributed by atoms with Gasteiger partial charge in [-0.15, -0.1) is 11.3 Å². The van der Waals surface area contributed by atoms with Crippen molar-refractivity contribution in [2.75, 3.05) is 11.4 Å². The molecule has 0 saturated carbocycles. The molecular weight excluding hydrogens is 254 g/mol. The highest BCUT2D eigenvalue weighted by Gasteiger charge is 2.30. The Kier molecular flexibility index (Phi) is 4.85. The lowest BCUT2D eigenvalue weighted by Crippen LogP contribution is -2.45. The minimum Gasteiger partial charge on any atom is -0.345 e. The van der Waals surface area contributed by atoms with E-state index in [1.54, 1.807) is 0 Å². The maximum Gasteiger partial charge on any atom is 0.185 e. The first-order valence-corrected chi connectivity index (χ1v) is 8.23. The molecule has 3 unspecified atom stereocenters. The van der Waals surface area contributed by atoms with E-state index in [-0.39, 0.29) is 0 Å². The van der Waals surface area contributed by atoms with Crippen LogP contribution in [0.3, 0.4) is 0 Å². The average Bonchev–Trinajstić information content (AvgIpc) is 2.79. The number of nitrogens with one attached hydrogen (secondary N) is 1. The number of thiazole rings is 1. The second kappa shape index (κ2) is 6.23. The van der Waals surface area contributed by atoms with Crippen LogP contribution in [-0.2, 0) is 6.54 Å². The lowest BCUT2D eigenvalue weighted by molar-refractivity contribution is 0.297. The summed E-state index contributed by atoms with van der Waals surface area (Å²) in [5.41, 5.74) is 0. The predicted molar refractivity (Wildman–Crippen MR) is 83.8 cm³/mol. The SMILES string of the molecule is CC1CC(C)C(C)N(c2ncc(CNC(C)C)s2)C1. The van der Waals surface area contributed by atoms with Gasteiger partial charge in [0, 0.05) is 36.2 Å². The number of rotatable bonds is 4. The van der Waals surface area contributed by atoms with Crippen LogP contribution in [0.5, 0.6) is 0 Å². The van der Waals surface area contributed by atoms with Gasteiger partial charge in [0.2, 0.25) is 0 Å². The summed E-state index contributed by atoms with van der Waals surface area (Å²) < 4.78 is 0. The second-order valence-corrected chi connectivity index (χ2v) is 7.45. The minimum atomic E-state index is 0.527. The number of hydrogen-bond donors (Lipinski definition) is 1. The summed E-state index contributed by atoms with van der Waals surface area (Å²) in [6.07, 6.45) is 3.37. The number of anilines is 1. The fourth-order valence-corrected chi connectivity index (χ4v) is 3.74. The summed E-state index contributed by atoms with van der Waals surface area (Å²) in [4.78, 5) is 8.48. The van der Waals surface area contributed by atoms with Crippen LogP contribution < -0.4 is 10.2 Å². The fraction of sp³-hybridized carbons (Fsp3) is 0.800. The predicted octanol–water partition coefficient (Wildman–Crippen LogP) is 3.51. The van der Waals surface area contributed by atoms with Crippen molar-refractivity contribution in [2.24, 2.45) is 11.8 Å². The molecule has 0 amide bonds. The van der Waals surface area contributed by atoms with Gasteiger partial charge in [0.05, 0.1) is 0 Å². The molecule has 1 aliphatic rings. The van der Waals surface area contributed by atoms with E-state index in [2.05, 4.69) is 49.8 Å². The number of piperidine rings is 1. The van der Waals surface area contributed by atoms with E-state index in [0.717, 1.165) is 24.9 Å². The van der Waals surface area contributed by atoms with Crippen molar-refractivity contribution in [1.29, 1.82) is 0 Å². The molecule has 0 bridgehead atoms. The zero-order valence-electron chi connectivity index (χ0n) is 12.8. The first-order chi connectivity index (χ1) is 8.97. The molecule has 0 aliphatic carbocycles. The van der Waals surface area contributed by atoms with Crippen LogP contribution in [0.15, 0.2) is 6.20 Å². The van der Waals surface area contributed by atoms with Crippen LogP contribution in [0.2, 0.25) is 0 Å². The maximum absolute atomic E-state index is 4.64. The zero-order valence-corrected chi connectivity index (χ0v) is 13.6. The van der Waals surface area contributed by atoms with Crippen LogP contribution >= 0.6 is 11.3 Å². The van der Waals surface area contributed by atoms with Crippen molar-refractivity contribution < 1.29 is 0 Å². The Morgan fingerprint density at radius 2 is 2.16 bits per heavy atom. The van der Waals surface area contributed by atoms with E-state index in [9.17, 15) is 0 Å². The third-order valence-electron chi connectivity index (χ3n) is 4.07. The molecule has 0 spiro atoms. The largest absolute Gasteiger partial charge is 0.345 e. The van der Waals surface area contributed by atoms with Crippen molar-refractivity contribution in [2.45, 2.75) is 59.7 Å². The Morgan fingerprint density at radius 3 is 2.84 bits per heavy atom. The van der Waals surface area contributed by atoms with Crippen LogP contribution in [0.25, 0.3) is 0 Å². The summed E-state index contributed by atoms with van der Waals surface area (Å²) in [7, 11) is 0.